The molecule has 4 nitrogen and oxygen atoms in total. The van der Waals surface area contributed by atoms with Crippen LogP contribution in [-0.2, 0) is 9.47 Å². The smallest absolute Gasteiger partial charge is 0.137 e. The Morgan fingerprint density at radius 3 is 2.63 bits per heavy atom. The van der Waals surface area contributed by atoms with E-state index in [0.29, 0.717) is 37.2 Å². The first-order valence-electron chi connectivity index (χ1n) is 6.39. The molecular weight excluding hydrogens is 266 g/mol. The number of benzene rings is 1. The van der Waals surface area contributed by atoms with Crippen LogP contribution < -0.4 is 10.5 Å². The van der Waals surface area contributed by atoms with Gasteiger partial charge in [0.2, 0.25) is 0 Å². The molecule has 0 radical (unpaired) electrons. The van der Waals surface area contributed by atoms with Crippen LogP contribution in [0, 0.1) is 0 Å². The maximum absolute atomic E-state index is 6.13. The van der Waals surface area contributed by atoms with Crippen molar-refractivity contribution >= 4 is 11.6 Å². The van der Waals surface area contributed by atoms with E-state index in [1.165, 1.54) is 0 Å². The van der Waals surface area contributed by atoms with E-state index >= 15 is 0 Å². The van der Waals surface area contributed by atoms with Crippen LogP contribution in [0.2, 0.25) is 5.02 Å². The average Bonchev–Trinajstić information content (AvgIpc) is 2.39. The van der Waals surface area contributed by atoms with Crippen molar-refractivity contribution in [2.24, 2.45) is 5.73 Å². The molecule has 1 rings (SSSR count). The Morgan fingerprint density at radius 2 is 2.00 bits per heavy atom. The van der Waals surface area contributed by atoms with Gasteiger partial charge in [0, 0.05) is 26.2 Å². The molecule has 0 amide bonds. The first kappa shape index (κ1) is 16.2. The first-order valence-corrected chi connectivity index (χ1v) is 6.77. The average molecular weight is 288 g/mol. The number of ether oxygens (including phenoxy) is 3. The van der Waals surface area contributed by atoms with Gasteiger partial charge >= 0.3 is 0 Å². The van der Waals surface area contributed by atoms with Gasteiger partial charge in [-0.1, -0.05) is 17.7 Å². The topological polar surface area (TPSA) is 53.7 Å². The number of methoxy groups -OCH3 is 1. The summed E-state index contributed by atoms with van der Waals surface area (Å²) in [5.74, 6) is 0.683. The zero-order valence-electron chi connectivity index (χ0n) is 11.5. The van der Waals surface area contributed by atoms with Gasteiger partial charge in [0.15, 0.2) is 0 Å². The molecular formula is C14H22ClNO3. The van der Waals surface area contributed by atoms with Gasteiger partial charge in [-0.15, -0.1) is 0 Å². The van der Waals surface area contributed by atoms with Crippen molar-refractivity contribution in [1.82, 2.24) is 0 Å². The number of halogens is 1. The zero-order chi connectivity index (χ0) is 14.1. The summed E-state index contributed by atoms with van der Waals surface area (Å²) < 4.78 is 15.8. The summed E-state index contributed by atoms with van der Waals surface area (Å²) in [7, 11) is 1.65. The molecule has 0 heterocycles. The van der Waals surface area contributed by atoms with E-state index in [9.17, 15) is 0 Å². The molecule has 0 bridgehead atoms. The molecule has 0 fully saturated rings. The monoisotopic (exact) mass is 287 g/mol. The van der Waals surface area contributed by atoms with Crippen LogP contribution in [0.4, 0.5) is 0 Å². The van der Waals surface area contributed by atoms with Crippen molar-refractivity contribution in [1.29, 1.82) is 0 Å². The van der Waals surface area contributed by atoms with Crippen LogP contribution in [-0.4, -0.2) is 33.5 Å². The Hall–Kier alpha value is -0.810. The molecule has 108 valence electrons. The lowest BCUT2D eigenvalue weighted by Gasteiger charge is -2.11. The van der Waals surface area contributed by atoms with Crippen molar-refractivity contribution in [3.8, 4) is 5.75 Å². The summed E-state index contributed by atoms with van der Waals surface area (Å²) in [6.45, 7) is 4.37. The highest BCUT2D eigenvalue weighted by molar-refractivity contribution is 6.32. The largest absolute Gasteiger partial charge is 0.492 e. The third-order valence-electron chi connectivity index (χ3n) is 2.60. The third kappa shape index (κ3) is 6.25. The SMILES string of the molecule is COCCOCCCOc1ccc([C@H](C)N)cc1Cl. The number of rotatable bonds is 9. The molecule has 0 saturated heterocycles. The summed E-state index contributed by atoms with van der Waals surface area (Å²) in [6, 6.07) is 5.60. The fourth-order valence-electron chi connectivity index (χ4n) is 1.50. The van der Waals surface area contributed by atoms with Gasteiger partial charge < -0.3 is 19.9 Å². The van der Waals surface area contributed by atoms with Crippen LogP contribution in [0.1, 0.15) is 24.9 Å². The summed E-state index contributed by atoms with van der Waals surface area (Å²) in [4.78, 5) is 0. The van der Waals surface area contributed by atoms with Gasteiger partial charge in [0.25, 0.3) is 0 Å². The first-order chi connectivity index (χ1) is 9.15. The molecule has 1 atom stereocenters. The normalized spacial score (nSPS) is 12.4. The van der Waals surface area contributed by atoms with E-state index in [1.807, 2.05) is 25.1 Å². The second kappa shape index (κ2) is 9.15. The van der Waals surface area contributed by atoms with Gasteiger partial charge in [-0.2, -0.15) is 0 Å². The van der Waals surface area contributed by atoms with E-state index < -0.39 is 0 Å². The van der Waals surface area contributed by atoms with Crippen LogP contribution >= 0.6 is 11.6 Å². The van der Waals surface area contributed by atoms with Gasteiger partial charge in [-0.05, 0) is 24.6 Å². The van der Waals surface area contributed by atoms with Crippen LogP contribution in [0.25, 0.3) is 0 Å². The predicted octanol–water partition coefficient (Wildman–Crippen LogP) is 2.79. The minimum Gasteiger partial charge on any atom is -0.492 e. The van der Waals surface area contributed by atoms with E-state index in [2.05, 4.69) is 0 Å². The molecule has 0 aromatic heterocycles. The van der Waals surface area contributed by atoms with E-state index in [4.69, 9.17) is 31.5 Å². The molecule has 2 N–H and O–H groups in total. The molecule has 0 spiro atoms. The Kier molecular flexibility index (Phi) is 7.82. The molecule has 1 aromatic carbocycles. The van der Waals surface area contributed by atoms with Crippen molar-refractivity contribution in [2.45, 2.75) is 19.4 Å². The highest BCUT2D eigenvalue weighted by Crippen LogP contribution is 2.27. The second-order valence-corrected chi connectivity index (χ2v) is 4.69. The lowest BCUT2D eigenvalue weighted by Crippen LogP contribution is -2.07. The summed E-state index contributed by atoms with van der Waals surface area (Å²) in [5.41, 5.74) is 6.79. The summed E-state index contributed by atoms with van der Waals surface area (Å²) in [5, 5.41) is 0.593. The zero-order valence-corrected chi connectivity index (χ0v) is 12.3. The molecule has 0 unspecified atom stereocenters. The molecule has 5 heteroatoms. The fraction of sp³-hybridized carbons (Fsp3) is 0.571. The van der Waals surface area contributed by atoms with Crippen molar-refractivity contribution in [3.63, 3.8) is 0 Å². The van der Waals surface area contributed by atoms with Crippen LogP contribution in [0.5, 0.6) is 5.75 Å². The lowest BCUT2D eigenvalue weighted by atomic mass is 10.1. The molecule has 1 aromatic rings. The summed E-state index contributed by atoms with van der Waals surface area (Å²) in [6.07, 6.45) is 0.815. The van der Waals surface area contributed by atoms with Gasteiger partial charge in [0.05, 0.1) is 24.8 Å². The lowest BCUT2D eigenvalue weighted by molar-refractivity contribution is 0.0644. The van der Waals surface area contributed by atoms with Crippen molar-refractivity contribution < 1.29 is 14.2 Å². The van der Waals surface area contributed by atoms with Gasteiger partial charge in [-0.3, -0.25) is 0 Å². The standard InChI is InChI=1S/C14H22ClNO3/c1-11(16)12-4-5-14(13(15)10-12)19-7-3-6-18-9-8-17-2/h4-5,10-11H,3,6-9,16H2,1-2H3/t11-/m0/s1. The number of hydrogen-bond donors (Lipinski definition) is 1. The van der Waals surface area contributed by atoms with Crippen molar-refractivity contribution in [3.05, 3.63) is 28.8 Å². The highest BCUT2D eigenvalue weighted by atomic mass is 35.5. The highest BCUT2D eigenvalue weighted by Gasteiger charge is 2.05. The van der Waals surface area contributed by atoms with E-state index in [1.54, 1.807) is 7.11 Å². The van der Waals surface area contributed by atoms with E-state index in [-0.39, 0.29) is 6.04 Å². The summed E-state index contributed by atoms with van der Waals surface area (Å²) >= 11 is 6.13. The molecule has 0 aliphatic heterocycles. The minimum atomic E-state index is -0.0271. The molecule has 0 aliphatic carbocycles. The maximum Gasteiger partial charge on any atom is 0.137 e. The van der Waals surface area contributed by atoms with Gasteiger partial charge in [-0.25, -0.2) is 0 Å². The third-order valence-corrected chi connectivity index (χ3v) is 2.90. The molecule has 0 saturated carbocycles. The molecule has 19 heavy (non-hydrogen) atoms. The van der Waals surface area contributed by atoms with Crippen LogP contribution in [0.3, 0.4) is 0 Å². The Balaban J connectivity index is 2.26. The quantitative estimate of drug-likeness (QED) is 0.710. The van der Waals surface area contributed by atoms with Gasteiger partial charge in [0.1, 0.15) is 5.75 Å². The fourth-order valence-corrected chi connectivity index (χ4v) is 1.75. The van der Waals surface area contributed by atoms with Crippen molar-refractivity contribution in [2.75, 3.05) is 33.5 Å². The maximum atomic E-state index is 6.13. The second-order valence-electron chi connectivity index (χ2n) is 4.29. The minimum absolute atomic E-state index is 0.0271. The number of nitrogens with two attached hydrogens (primary N) is 1. The Labute approximate surface area is 119 Å². The Morgan fingerprint density at radius 1 is 1.21 bits per heavy atom. The predicted molar refractivity (Wildman–Crippen MR) is 76.9 cm³/mol. The molecule has 0 aliphatic rings. The van der Waals surface area contributed by atoms with E-state index in [0.717, 1.165) is 12.0 Å². The number of hydrogen-bond acceptors (Lipinski definition) is 4. The Bertz CT molecular complexity index is 372. The van der Waals surface area contributed by atoms with Crippen LogP contribution in [0.15, 0.2) is 18.2 Å².